The van der Waals surface area contributed by atoms with Crippen LogP contribution in [-0.4, -0.2) is 73.4 Å². The van der Waals surface area contributed by atoms with E-state index in [0.717, 1.165) is 51.4 Å². The molecule has 0 aliphatic rings. The van der Waals surface area contributed by atoms with Gasteiger partial charge in [-0.25, -0.2) is 4.57 Å². The first kappa shape index (κ1) is 61.0. The number of aliphatic hydroxyl groups is 1. The van der Waals surface area contributed by atoms with E-state index in [-0.39, 0.29) is 19.1 Å². The van der Waals surface area contributed by atoms with E-state index in [2.05, 4.69) is 31.3 Å². The minimum atomic E-state index is -4.34. The summed E-state index contributed by atoms with van der Waals surface area (Å²) in [4.78, 5) is 23.2. The number of phosphoric acid groups is 1. The molecule has 0 aromatic heterocycles. The standard InChI is InChI=1S/C53H105N2O6P/c1-6-8-10-12-14-16-18-20-22-23-24-25-26-27-28-29-30-31-33-34-36-38-40-42-44-46-52(56)51(50-61-62(58,59)60-49-48-55(3,4)5)54-53(57)47-45-43-41-39-37-35-32-21-19-17-15-13-11-9-7-2/h21,32,44,46,51-52,56H,6-20,22-31,33-43,45,47-50H2,1-5H3,(H-,54,57,58,59)/p+1/b32-21-,46-44+. The van der Waals surface area contributed by atoms with Gasteiger partial charge >= 0.3 is 7.82 Å². The molecule has 8 nitrogen and oxygen atoms in total. The Kier molecular flexibility index (Phi) is 44.4. The Balaban J connectivity index is 4.23. The lowest BCUT2D eigenvalue weighted by Crippen LogP contribution is -2.45. The number of nitrogens with one attached hydrogen (secondary N) is 1. The third-order valence-electron chi connectivity index (χ3n) is 12.2. The van der Waals surface area contributed by atoms with Gasteiger partial charge < -0.3 is 19.8 Å². The molecular weight excluding hydrogens is 792 g/mol. The predicted molar refractivity (Wildman–Crippen MR) is 268 cm³/mol. The number of allylic oxidation sites excluding steroid dienone is 3. The molecule has 3 atom stereocenters. The van der Waals surface area contributed by atoms with E-state index in [1.165, 1.54) is 186 Å². The number of aliphatic hydroxyl groups excluding tert-OH is 1. The molecular formula is C53H106N2O6P+. The molecule has 0 bridgehead atoms. The SMILES string of the molecule is CCCCCCCC/C=C\CCCCCCCC(=O)NC(COP(=O)(O)OCC[N+](C)(C)C)C(O)/C=C/CCCCCCCCCCCCCCCCCCCCCCCCC. The third-order valence-corrected chi connectivity index (χ3v) is 13.1. The number of carbonyl (C=O) groups is 1. The Bertz CT molecular complexity index is 1060. The number of carbonyl (C=O) groups excluding carboxylic acids is 1. The molecule has 0 aromatic carbocycles. The van der Waals surface area contributed by atoms with Crippen molar-refractivity contribution in [3.8, 4) is 0 Å². The van der Waals surface area contributed by atoms with Crippen LogP contribution in [-0.2, 0) is 18.4 Å². The van der Waals surface area contributed by atoms with Crippen molar-refractivity contribution in [2.45, 2.75) is 270 Å². The van der Waals surface area contributed by atoms with Gasteiger partial charge in [-0.05, 0) is 44.9 Å². The van der Waals surface area contributed by atoms with Crippen molar-refractivity contribution in [1.29, 1.82) is 0 Å². The van der Waals surface area contributed by atoms with Gasteiger partial charge in [-0.2, -0.15) is 0 Å². The summed E-state index contributed by atoms with van der Waals surface area (Å²) in [6.45, 7) is 4.83. The highest BCUT2D eigenvalue weighted by atomic mass is 31.2. The Hall–Kier alpha value is -1.02. The molecule has 3 N–H and O–H groups in total. The van der Waals surface area contributed by atoms with Crippen LogP contribution < -0.4 is 5.32 Å². The monoisotopic (exact) mass is 898 g/mol. The number of likely N-dealkylation sites (N-methyl/N-ethyl adjacent to an activating group) is 1. The van der Waals surface area contributed by atoms with Crippen molar-refractivity contribution in [3.05, 3.63) is 24.3 Å². The fourth-order valence-corrected chi connectivity index (χ4v) is 8.66. The van der Waals surface area contributed by atoms with Crippen LogP contribution in [0.5, 0.6) is 0 Å². The van der Waals surface area contributed by atoms with Gasteiger partial charge in [0.2, 0.25) is 5.91 Å². The van der Waals surface area contributed by atoms with Gasteiger partial charge in [-0.3, -0.25) is 13.8 Å². The maximum Gasteiger partial charge on any atom is 0.472 e. The van der Waals surface area contributed by atoms with Gasteiger partial charge in [-0.1, -0.05) is 231 Å². The molecule has 0 saturated heterocycles. The average Bonchev–Trinajstić information content (AvgIpc) is 3.23. The van der Waals surface area contributed by atoms with E-state index < -0.39 is 20.0 Å². The highest BCUT2D eigenvalue weighted by Crippen LogP contribution is 2.43. The van der Waals surface area contributed by atoms with E-state index in [9.17, 15) is 19.4 Å². The number of hydrogen-bond acceptors (Lipinski definition) is 5. The first-order valence-electron chi connectivity index (χ1n) is 26.7. The summed E-state index contributed by atoms with van der Waals surface area (Å²) in [5.74, 6) is -0.183. The topological polar surface area (TPSA) is 105 Å². The molecule has 0 aliphatic carbocycles. The molecule has 0 radical (unpaired) electrons. The van der Waals surface area contributed by atoms with Crippen LogP contribution in [0.1, 0.15) is 258 Å². The summed E-state index contributed by atoms with van der Waals surface area (Å²) in [5, 5.41) is 13.9. The Morgan fingerprint density at radius 2 is 0.871 bits per heavy atom. The molecule has 0 rings (SSSR count). The molecule has 9 heteroatoms. The van der Waals surface area contributed by atoms with Crippen LogP contribution in [0.4, 0.5) is 0 Å². The summed E-state index contributed by atoms with van der Waals surface area (Å²) < 4.78 is 23.6. The summed E-state index contributed by atoms with van der Waals surface area (Å²) in [6.07, 6.45) is 55.5. The molecule has 62 heavy (non-hydrogen) atoms. The van der Waals surface area contributed by atoms with Crippen LogP contribution in [0, 0.1) is 0 Å². The predicted octanol–water partition coefficient (Wildman–Crippen LogP) is 15.6. The number of hydrogen-bond donors (Lipinski definition) is 3. The van der Waals surface area contributed by atoms with Crippen molar-refractivity contribution in [2.24, 2.45) is 0 Å². The lowest BCUT2D eigenvalue weighted by molar-refractivity contribution is -0.870. The maximum absolute atomic E-state index is 12.9. The Labute approximate surface area is 385 Å². The second-order valence-corrected chi connectivity index (χ2v) is 21.1. The van der Waals surface area contributed by atoms with E-state index >= 15 is 0 Å². The smallest absolute Gasteiger partial charge is 0.387 e. The largest absolute Gasteiger partial charge is 0.472 e. The normalized spacial score (nSPS) is 14.2. The first-order chi connectivity index (χ1) is 30.0. The Morgan fingerprint density at radius 1 is 0.532 bits per heavy atom. The highest BCUT2D eigenvalue weighted by Gasteiger charge is 2.27. The fraction of sp³-hybridized carbons (Fsp3) is 0.906. The number of unbranched alkanes of at least 4 members (excludes halogenated alkanes) is 34. The van der Waals surface area contributed by atoms with E-state index in [1.54, 1.807) is 6.08 Å². The summed E-state index contributed by atoms with van der Waals surface area (Å²) in [5.41, 5.74) is 0. The molecule has 0 saturated carbocycles. The minimum absolute atomic E-state index is 0.0613. The zero-order chi connectivity index (χ0) is 45.7. The van der Waals surface area contributed by atoms with Crippen molar-refractivity contribution in [2.75, 3.05) is 40.9 Å². The number of quaternary nitrogens is 1. The zero-order valence-corrected chi connectivity index (χ0v) is 42.8. The summed E-state index contributed by atoms with van der Waals surface area (Å²) in [7, 11) is 1.57. The molecule has 0 heterocycles. The number of phosphoric ester groups is 1. The van der Waals surface area contributed by atoms with Gasteiger partial charge in [-0.15, -0.1) is 0 Å². The Morgan fingerprint density at radius 3 is 1.24 bits per heavy atom. The molecule has 0 spiro atoms. The van der Waals surface area contributed by atoms with Gasteiger partial charge in [0.25, 0.3) is 0 Å². The first-order valence-corrected chi connectivity index (χ1v) is 28.2. The van der Waals surface area contributed by atoms with Crippen molar-refractivity contribution in [1.82, 2.24) is 5.32 Å². The van der Waals surface area contributed by atoms with Crippen LogP contribution in [0.25, 0.3) is 0 Å². The van der Waals surface area contributed by atoms with Crippen LogP contribution in [0.15, 0.2) is 24.3 Å². The minimum Gasteiger partial charge on any atom is -0.387 e. The van der Waals surface area contributed by atoms with Gasteiger partial charge in [0.05, 0.1) is 39.9 Å². The van der Waals surface area contributed by atoms with E-state index in [0.29, 0.717) is 17.4 Å². The fourth-order valence-electron chi connectivity index (χ4n) is 7.92. The lowest BCUT2D eigenvalue weighted by atomic mass is 10.0. The molecule has 1 amide bonds. The number of rotatable bonds is 49. The molecule has 0 aromatic rings. The molecule has 0 aliphatic heterocycles. The zero-order valence-electron chi connectivity index (χ0n) is 41.9. The van der Waals surface area contributed by atoms with Crippen molar-refractivity contribution in [3.63, 3.8) is 0 Å². The van der Waals surface area contributed by atoms with E-state index in [1.807, 2.05) is 27.2 Å². The molecule has 0 fully saturated rings. The van der Waals surface area contributed by atoms with Crippen molar-refractivity contribution < 1.29 is 32.9 Å². The van der Waals surface area contributed by atoms with Crippen LogP contribution >= 0.6 is 7.82 Å². The summed E-state index contributed by atoms with van der Waals surface area (Å²) >= 11 is 0. The summed E-state index contributed by atoms with van der Waals surface area (Å²) in [6, 6.07) is -0.848. The molecule has 368 valence electrons. The number of amides is 1. The maximum atomic E-state index is 12.9. The average molecular weight is 898 g/mol. The van der Waals surface area contributed by atoms with Gasteiger partial charge in [0.1, 0.15) is 13.2 Å². The third kappa shape index (κ3) is 47.0. The quantitative estimate of drug-likeness (QED) is 0.0243. The second kappa shape index (κ2) is 45.1. The lowest BCUT2D eigenvalue weighted by Gasteiger charge is -2.25. The second-order valence-electron chi connectivity index (χ2n) is 19.6. The van der Waals surface area contributed by atoms with Gasteiger partial charge in [0.15, 0.2) is 0 Å². The van der Waals surface area contributed by atoms with Crippen LogP contribution in [0.3, 0.4) is 0 Å². The van der Waals surface area contributed by atoms with E-state index in [4.69, 9.17) is 9.05 Å². The van der Waals surface area contributed by atoms with Gasteiger partial charge in [0, 0.05) is 6.42 Å². The van der Waals surface area contributed by atoms with Crippen molar-refractivity contribution >= 4 is 13.7 Å². The number of nitrogens with zero attached hydrogens (tertiary/aromatic N) is 1. The molecule has 3 unspecified atom stereocenters. The van der Waals surface area contributed by atoms with Crippen LogP contribution in [0.2, 0.25) is 0 Å². The highest BCUT2D eigenvalue weighted by molar-refractivity contribution is 7.47.